The van der Waals surface area contributed by atoms with Crippen molar-refractivity contribution in [3.63, 3.8) is 0 Å². The van der Waals surface area contributed by atoms with Crippen molar-refractivity contribution in [1.29, 1.82) is 5.26 Å². The summed E-state index contributed by atoms with van der Waals surface area (Å²) in [6, 6.07) is 18.3. The van der Waals surface area contributed by atoms with Crippen molar-refractivity contribution in [3.05, 3.63) is 70.6 Å². The molecule has 0 saturated heterocycles. The van der Waals surface area contributed by atoms with Gasteiger partial charge < -0.3 is 17.9 Å². The van der Waals surface area contributed by atoms with Crippen molar-refractivity contribution in [3.8, 4) is 6.07 Å². The minimum atomic E-state index is -3.92. The predicted molar refractivity (Wildman–Crippen MR) is 83.7 cm³/mol. The normalized spacial score (nSPS) is 11.6. The Hall–Kier alpha value is -1.36. The number of sulfone groups is 1. The van der Waals surface area contributed by atoms with Gasteiger partial charge in [0.2, 0.25) is 9.84 Å². The first-order chi connectivity index (χ1) is 10.1. The third-order valence-electron chi connectivity index (χ3n) is 2.66. The molecule has 0 bridgehead atoms. The van der Waals surface area contributed by atoms with E-state index in [9.17, 15) is 13.7 Å². The maximum absolute atomic E-state index is 12.4. The third kappa shape index (κ3) is 4.32. The Labute approximate surface area is 157 Å². The summed E-state index contributed by atoms with van der Waals surface area (Å²) in [7, 11) is -3.92. The van der Waals surface area contributed by atoms with Gasteiger partial charge in [-0.3, -0.25) is 0 Å². The number of benzene rings is 2. The molecule has 2 aromatic carbocycles. The molecule has 0 aliphatic rings. The van der Waals surface area contributed by atoms with Crippen LogP contribution in [0.2, 0.25) is 0 Å². The van der Waals surface area contributed by atoms with Crippen LogP contribution < -0.4 is 34.9 Å². The Morgan fingerprint density at radius 2 is 1.50 bits per heavy atom. The summed E-state index contributed by atoms with van der Waals surface area (Å²) in [5.41, 5.74) is 0.624. The number of allylic oxidation sites excluding steroid dienone is 1. The molecule has 2 aromatic rings. The molecule has 0 radical (unpaired) electrons. The van der Waals surface area contributed by atoms with Crippen molar-refractivity contribution < 1.29 is 38.0 Å². The second-order valence-corrected chi connectivity index (χ2v) is 6.37. The van der Waals surface area contributed by atoms with E-state index in [1.54, 1.807) is 48.5 Å². The van der Waals surface area contributed by atoms with Gasteiger partial charge in [0.25, 0.3) is 0 Å². The van der Waals surface area contributed by atoms with Gasteiger partial charge in [-0.2, -0.15) is 5.26 Å². The fraction of sp³-hybridized carbons (Fsp3) is 0. The van der Waals surface area contributed by atoms with Gasteiger partial charge in [0.05, 0.1) is 4.90 Å². The quantitative estimate of drug-likeness (QED) is 0.476. The van der Waals surface area contributed by atoms with Crippen molar-refractivity contribution in [1.82, 2.24) is 0 Å². The zero-order valence-corrected chi connectivity index (χ0v) is 15.5. The van der Waals surface area contributed by atoms with E-state index < -0.39 is 14.7 Å². The molecule has 7 heteroatoms. The number of nitrogens with zero attached hydrogens (tertiary/aromatic N) is 1. The zero-order valence-electron chi connectivity index (χ0n) is 11.9. The van der Waals surface area contributed by atoms with Crippen molar-refractivity contribution in [2.45, 2.75) is 4.90 Å². The number of nitrogens with one attached hydrogen (secondary N) is 1. The zero-order chi connectivity index (χ0) is 15.3. The van der Waals surface area contributed by atoms with Gasteiger partial charge in [0, 0.05) is 5.69 Å². The average Bonchev–Trinajstić information content (AvgIpc) is 2.49. The van der Waals surface area contributed by atoms with Crippen LogP contribution in [0.15, 0.2) is 75.5 Å². The van der Waals surface area contributed by atoms with Gasteiger partial charge in [0.1, 0.15) is 11.0 Å². The second kappa shape index (κ2) is 8.32. The van der Waals surface area contributed by atoms with Crippen LogP contribution in [0.5, 0.6) is 0 Å². The van der Waals surface area contributed by atoms with Crippen LogP contribution in [0.4, 0.5) is 5.69 Å². The molecule has 0 atom stereocenters. The van der Waals surface area contributed by atoms with Crippen LogP contribution in [-0.4, -0.2) is 8.42 Å². The van der Waals surface area contributed by atoms with Gasteiger partial charge in [-0.15, -0.1) is 0 Å². The van der Waals surface area contributed by atoms with Gasteiger partial charge in [-0.1, -0.05) is 41.4 Å². The molecule has 1 N–H and O–H groups in total. The monoisotopic (exact) mass is 338 g/mol. The Kier molecular flexibility index (Phi) is 7.07. The Bertz CT molecular complexity index is 798. The molecule has 0 aliphatic carbocycles. The molecule has 4 nitrogen and oxygen atoms in total. The van der Waals surface area contributed by atoms with E-state index >= 15 is 0 Å². The summed E-state index contributed by atoms with van der Waals surface area (Å²) >= 11 is 5.05. The molecule has 0 fully saturated rings. The largest absolute Gasteiger partial charge is 1.00 e. The molecule has 0 spiro atoms. The second-order valence-electron chi connectivity index (χ2n) is 4.08. The summed E-state index contributed by atoms with van der Waals surface area (Å²) in [6.07, 6.45) is 0. The molecule has 0 heterocycles. The topological polar surface area (TPSA) is 70.0 Å². The predicted octanol–water partition coefficient (Wildman–Crippen LogP) is -0.184. The smallest absolute Gasteiger partial charge is 0.760 e. The number of rotatable bonds is 4. The van der Waals surface area contributed by atoms with Crippen LogP contribution in [0.25, 0.3) is 0 Å². The van der Waals surface area contributed by atoms with E-state index in [1.807, 2.05) is 6.07 Å². The number of anilines is 1. The molecule has 0 aromatic heterocycles. The van der Waals surface area contributed by atoms with Crippen molar-refractivity contribution in [2.75, 3.05) is 5.32 Å². The molecular formula is C15H11N2NaO2S2. The van der Waals surface area contributed by atoms with Crippen LogP contribution in [0, 0.1) is 11.3 Å². The molecule has 22 heavy (non-hydrogen) atoms. The van der Waals surface area contributed by atoms with Gasteiger partial charge in [0.15, 0.2) is 0 Å². The minimum Gasteiger partial charge on any atom is -0.760 e. The molecular weight excluding hydrogens is 327 g/mol. The third-order valence-corrected chi connectivity index (χ3v) is 4.82. The molecule has 0 saturated carbocycles. The fourth-order valence-electron chi connectivity index (χ4n) is 1.66. The molecule has 0 amide bonds. The standard InChI is InChI=1S/C15H12N2O2S2.Na/c16-11-14(15(20)17-12-7-3-1-4-8-12)21(18,19)13-9-5-2-6-10-13;/h1-10,17,20H;/q;+1/p-1/b15-14+;. The van der Waals surface area contributed by atoms with Crippen LogP contribution in [0.1, 0.15) is 0 Å². The van der Waals surface area contributed by atoms with E-state index in [1.165, 1.54) is 12.1 Å². The fourth-order valence-corrected chi connectivity index (χ4v) is 3.32. The summed E-state index contributed by atoms with van der Waals surface area (Å²) in [6.45, 7) is 0. The number of para-hydroxylation sites is 1. The summed E-state index contributed by atoms with van der Waals surface area (Å²) in [4.78, 5) is -0.425. The maximum atomic E-state index is 12.4. The summed E-state index contributed by atoms with van der Waals surface area (Å²) in [5.74, 6) is 0. The first kappa shape index (κ1) is 18.7. The van der Waals surface area contributed by atoms with E-state index in [0.717, 1.165) is 0 Å². The SMILES string of the molecule is N#C/C(=C(\[S-])Nc1ccccc1)S(=O)(=O)c1ccccc1.[Na+]. The Balaban J connectivity index is 0.00000242. The van der Waals surface area contributed by atoms with Crippen LogP contribution >= 0.6 is 0 Å². The maximum Gasteiger partial charge on any atom is 1.00 e. The van der Waals surface area contributed by atoms with Crippen molar-refractivity contribution in [2.24, 2.45) is 0 Å². The van der Waals surface area contributed by atoms with E-state index in [4.69, 9.17) is 12.6 Å². The number of hydrogen-bond donors (Lipinski definition) is 1. The van der Waals surface area contributed by atoms with E-state index in [-0.39, 0.29) is 39.5 Å². The van der Waals surface area contributed by atoms with Crippen LogP contribution in [-0.2, 0) is 22.5 Å². The molecule has 0 aliphatic heterocycles. The average molecular weight is 338 g/mol. The molecule has 0 unspecified atom stereocenters. The Morgan fingerprint density at radius 3 is 2.00 bits per heavy atom. The van der Waals surface area contributed by atoms with Gasteiger partial charge in [-0.25, -0.2) is 8.42 Å². The molecule has 106 valence electrons. The van der Waals surface area contributed by atoms with Gasteiger partial charge in [-0.05, 0) is 24.3 Å². The number of nitriles is 1. The van der Waals surface area contributed by atoms with Gasteiger partial charge >= 0.3 is 29.6 Å². The summed E-state index contributed by atoms with van der Waals surface area (Å²) < 4.78 is 24.8. The van der Waals surface area contributed by atoms with Crippen LogP contribution in [0.3, 0.4) is 0 Å². The minimum absolute atomic E-state index is 0. The molecule has 2 rings (SSSR count). The Morgan fingerprint density at radius 1 is 1.00 bits per heavy atom. The van der Waals surface area contributed by atoms with Crippen molar-refractivity contribution >= 4 is 28.2 Å². The first-order valence-electron chi connectivity index (χ1n) is 5.99. The van der Waals surface area contributed by atoms with E-state index in [0.29, 0.717) is 5.69 Å². The number of hydrogen-bond acceptors (Lipinski definition) is 5. The first-order valence-corrected chi connectivity index (χ1v) is 7.88. The summed E-state index contributed by atoms with van der Waals surface area (Å²) in [5, 5.41) is 11.8. The van der Waals surface area contributed by atoms with E-state index in [2.05, 4.69) is 5.32 Å².